The van der Waals surface area contributed by atoms with E-state index in [1.807, 2.05) is 91.0 Å². The highest BCUT2D eigenvalue weighted by Crippen LogP contribution is 2.31. The summed E-state index contributed by atoms with van der Waals surface area (Å²) in [4.78, 5) is 8.76. The molecule has 0 N–H and O–H groups in total. The third-order valence-corrected chi connectivity index (χ3v) is 6.84. The van der Waals surface area contributed by atoms with Gasteiger partial charge in [-0.25, -0.2) is 14.6 Å². The fourth-order valence-electron chi connectivity index (χ4n) is 4.51. The van der Waals surface area contributed by atoms with Crippen molar-refractivity contribution >= 4 is 12.2 Å². The van der Waals surface area contributed by atoms with E-state index < -0.39 is 0 Å². The lowest BCUT2D eigenvalue weighted by molar-refractivity contribution is 0.275. The second-order valence-corrected chi connectivity index (χ2v) is 9.67. The van der Waals surface area contributed by atoms with Crippen LogP contribution in [0.5, 0.6) is 17.4 Å². The van der Waals surface area contributed by atoms with E-state index in [0.717, 1.165) is 29.1 Å². The van der Waals surface area contributed by atoms with Crippen LogP contribution in [0.25, 0.3) is 29.5 Å². The molecule has 6 rings (SSSR count). The van der Waals surface area contributed by atoms with E-state index in [9.17, 15) is 0 Å². The molecule has 0 saturated carbocycles. The molecule has 43 heavy (non-hydrogen) atoms. The summed E-state index contributed by atoms with van der Waals surface area (Å²) in [6, 6.07) is 19.2. The largest absolute Gasteiger partial charge is 0.493 e. The molecule has 10 heteroatoms. The van der Waals surface area contributed by atoms with Gasteiger partial charge in [0.05, 0.1) is 42.8 Å². The molecular weight excluding hydrogens is 546 g/mol. The monoisotopic (exact) mass is 577 g/mol. The first-order valence-electron chi connectivity index (χ1n) is 13.9. The van der Waals surface area contributed by atoms with Crippen molar-refractivity contribution in [3.05, 3.63) is 114 Å². The van der Waals surface area contributed by atoms with Crippen LogP contribution in [0, 0.1) is 6.92 Å². The van der Waals surface area contributed by atoms with Gasteiger partial charge in [-0.1, -0.05) is 24.3 Å². The van der Waals surface area contributed by atoms with Crippen LogP contribution in [-0.4, -0.2) is 31.4 Å². The first kappa shape index (κ1) is 27.6. The number of benzene rings is 2. The molecular formula is C33H31N5O5. The number of nitrogens with zero attached hydrogens (tertiary/aromatic N) is 5. The van der Waals surface area contributed by atoms with Gasteiger partial charge in [-0.15, -0.1) is 5.10 Å². The lowest BCUT2D eigenvalue weighted by atomic mass is 10.2. The number of furan rings is 1. The Kier molecular flexibility index (Phi) is 8.08. The average Bonchev–Trinajstić information content (AvgIpc) is 3.86. The summed E-state index contributed by atoms with van der Waals surface area (Å²) in [5, 5.41) is 4.73. The van der Waals surface area contributed by atoms with Crippen molar-refractivity contribution in [3.8, 4) is 34.7 Å². The molecule has 218 valence electrons. The molecule has 0 aliphatic heterocycles. The Labute approximate surface area is 248 Å². The Bertz CT molecular complexity index is 1820. The molecule has 10 nitrogen and oxygen atoms in total. The SMILES string of the molecule is CCn1cncc1C=Cc1cn(-c2ccccc2)nc1OCc1ccc(OCc2nc(-c3ccco3)oc2C)c(OC)c1. The Morgan fingerprint density at radius 2 is 1.84 bits per heavy atom. The minimum atomic E-state index is 0.214. The summed E-state index contributed by atoms with van der Waals surface area (Å²) < 4.78 is 32.9. The van der Waals surface area contributed by atoms with Crippen LogP contribution in [0.3, 0.4) is 0 Å². The Hall–Kier alpha value is -5.51. The highest BCUT2D eigenvalue weighted by molar-refractivity contribution is 5.70. The first-order valence-corrected chi connectivity index (χ1v) is 13.9. The molecule has 0 fully saturated rings. The summed E-state index contributed by atoms with van der Waals surface area (Å²) >= 11 is 0. The number of methoxy groups -OCH3 is 1. The standard InChI is InChI=1S/C33H31N5O5/c1-4-37-22-34-18-27(37)14-13-25-19-38(26-9-6-5-7-10-26)36-32(25)42-20-24-12-15-29(31(17-24)39-3)41-21-28-23(2)43-33(35-28)30-11-8-16-40-30/h5-19,22H,4,20-21H2,1-3H3. The topological polar surface area (TPSA) is 103 Å². The number of hydrogen-bond donors (Lipinski definition) is 0. The smallest absolute Gasteiger partial charge is 0.263 e. The van der Waals surface area contributed by atoms with Gasteiger partial charge in [0.1, 0.15) is 24.7 Å². The third-order valence-electron chi connectivity index (χ3n) is 6.84. The zero-order chi connectivity index (χ0) is 29.6. The second kappa shape index (κ2) is 12.6. The van der Waals surface area contributed by atoms with Crippen LogP contribution in [0.15, 0.2) is 94.5 Å². The van der Waals surface area contributed by atoms with E-state index in [1.54, 1.807) is 25.5 Å². The number of imidazole rings is 1. The van der Waals surface area contributed by atoms with Gasteiger partial charge in [-0.3, -0.25) is 0 Å². The van der Waals surface area contributed by atoms with Crippen molar-refractivity contribution in [3.63, 3.8) is 0 Å². The Morgan fingerprint density at radius 3 is 2.63 bits per heavy atom. The molecule has 0 spiro atoms. The predicted molar refractivity (Wildman–Crippen MR) is 161 cm³/mol. The fourth-order valence-corrected chi connectivity index (χ4v) is 4.51. The minimum Gasteiger partial charge on any atom is -0.493 e. The van der Waals surface area contributed by atoms with Gasteiger partial charge in [0.25, 0.3) is 5.89 Å². The number of para-hydroxylation sites is 1. The van der Waals surface area contributed by atoms with Crippen LogP contribution < -0.4 is 14.2 Å². The molecule has 0 radical (unpaired) electrons. The lowest BCUT2D eigenvalue weighted by Gasteiger charge is -2.12. The Balaban J connectivity index is 1.17. The van der Waals surface area contributed by atoms with E-state index in [-0.39, 0.29) is 13.2 Å². The van der Waals surface area contributed by atoms with E-state index in [1.165, 1.54) is 0 Å². The van der Waals surface area contributed by atoms with Gasteiger partial charge in [0, 0.05) is 12.7 Å². The van der Waals surface area contributed by atoms with Gasteiger partial charge in [-0.05, 0) is 68.0 Å². The van der Waals surface area contributed by atoms with E-state index in [0.29, 0.717) is 40.5 Å². The quantitative estimate of drug-likeness (QED) is 0.153. The zero-order valence-corrected chi connectivity index (χ0v) is 24.1. The minimum absolute atomic E-state index is 0.214. The van der Waals surface area contributed by atoms with Crippen molar-refractivity contribution in [1.82, 2.24) is 24.3 Å². The maximum atomic E-state index is 6.24. The molecule has 2 aromatic carbocycles. The van der Waals surface area contributed by atoms with Crippen molar-refractivity contribution in [1.29, 1.82) is 0 Å². The highest BCUT2D eigenvalue weighted by Gasteiger charge is 2.16. The van der Waals surface area contributed by atoms with Crippen LogP contribution in [0.4, 0.5) is 0 Å². The van der Waals surface area contributed by atoms with Gasteiger partial charge in [-0.2, -0.15) is 0 Å². The third kappa shape index (κ3) is 6.23. The van der Waals surface area contributed by atoms with Crippen molar-refractivity contribution < 1.29 is 23.0 Å². The maximum Gasteiger partial charge on any atom is 0.263 e. The number of ether oxygens (including phenoxy) is 3. The van der Waals surface area contributed by atoms with Gasteiger partial charge < -0.3 is 27.6 Å². The molecule has 6 aromatic rings. The normalized spacial score (nSPS) is 11.3. The number of aromatic nitrogens is 5. The van der Waals surface area contributed by atoms with E-state index in [2.05, 4.69) is 21.5 Å². The second-order valence-electron chi connectivity index (χ2n) is 9.67. The van der Waals surface area contributed by atoms with Crippen molar-refractivity contribution in [2.24, 2.45) is 0 Å². The number of oxazole rings is 1. The van der Waals surface area contributed by atoms with Gasteiger partial charge in [0.2, 0.25) is 5.88 Å². The molecule has 4 aromatic heterocycles. The molecule has 0 unspecified atom stereocenters. The highest BCUT2D eigenvalue weighted by atomic mass is 16.5. The molecule has 4 heterocycles. The molecule has 0 atom stereocenters. The maximum absolute atomic E-state index is 6.24. The summed E-state index contributed by atoms with van der Waals surface area (Å²) in [7, 11) is 1.61. The molecule has 0 aliphatic carbocycles. The van der Waals surface area contributed by atoms with Gasteiger partial charge in [0.15, 0.2) is 17.3 Å². The molecule has 0 saturated heterocycles. The van der Waals surface area contributed by atoms with Crippen molar-refractivity contribution in [2.45, 2.75) is 33.6 Å². The average molecular weight is 578 g/mol. The summed E-state index contributed by atoms with van der Waals surface area (Å²) in [5.41, 5.74) is 4.36. The Morgan fingerprint density at radius 1 is 0.953 bits per heavy atom. The number of hydrogen-bond acceptors (Lipinski definition) is 8. The van der Waals surface area contributed by atoms with Crippen LogP contribution in [-0.2, 0) is 19.8 Å². The number of aryl methyl sites for hydroxylation is 2. The summed E-state index contributed by atoms with van der Waals surface area (Å²) in [6.45, 7) is 5.25. The van der Waals surface area contributed by atoms with Crippen LogP contribution in [0.2, 0.25) is 0 Å². The van der Waals surface area contributed by atoms with Crippen LogP contribution >= 0.6 is 0 Å². The van der Waals surface area contributed by atoms with E-state index in [4.69, 9.17) is 28.1 Å². The van der Waals surface area contributed by atoms with Crippen LogP contribution in [0.1, 0.15) is 35.2 Å². The molecule has 0 aliphatic rings. The predicted octanol–water partition coefficient (Wildman–Crippen LogP) is 6.98. The summed E-state index contributed by atoms with van der Waals surface area (Å²) in [6.07, 6.45) is 11.2. The first-order chi connectivity index (χ1) is 21.1. The van der Waals surface area contributed by atoms with E-state index >= 15 is 0 Å². The van der Waals surface area contributed by atoms with Crippen molar-refractivity contribution in [2.75, 3.05) is 7.11 Å². The number of rotatable bonds is 12. The zero-order valence-electron chi connectivity index (χ0n) is 24.1. The van der Waals surface area contributed by atoms with Gasteiger partial charge >= 0.3 is 0 Å². The lowest BCUT2D eigenvalue weighted by Crippen LogP contribution is -2.02. The molecule has 0 amide bonds. The summed E-state index contributed by atoms with van der Waals surface area (Å²) in [5.74, 6) is 3.32. The fraction of sp³-hybridized carbons (Fsp3) is 0.182. The molecule has 0 bridgehead atoms.